The van der Waals surface area contributed by atoms with Crippen LogP contribution in [0.4, 0.5) is 0 Å². The number of hydrogen-bond acceptors (Lipinski definition) is 15. The molecule has 0 bridgehead atoms. The normalized spacial score (nSPS) is 13.5. The number of ether oxygens (including phenoxy) is 8. The summed E-state index contributed by atoms with van der Waals surface area (Å²) in [4.78, 5) is 2.78. The molecular formula is C45H72N12O8Si. The highest BCUT2D eigenvalue weighted by Gasteiger charge is 2.41. The zero-order valence-corrected chi connectivity index (χ0v) is 40.9. The van der Waals surface area contributed by atoms with Crippen molar-refractivity contribution in [1.29, 1.82) is 0 Å². The zero-order chi connectivity index (χ0) is 48.0. The molecule has 3 heterocycles. The molecule has 0 aliphatic rings. The first-order valence-electron chi connectivity index (χ1n) is 22.4. The second-order valence-electron chi connectivity index (χ2n) is 16.4. The second kappa shape index (κ2) is 32.0. The summed E-state index contributed by atoms with van der Waals surface area (Å²) < 4.78 is 52.3. The molecule has 0 spiro atoms. The van der Waals surface area contributed by atoms with Gasteiger partial charge in [0.25, 0.3) is 0 Å². The summed E-state index contributed by atoms with van der Waals surface area (Å²) in [5.41, 5.74) is 15.9. The van der Waals surface area contributed by atoms with E-state index < -0.39 is 14.2 Å². The predicted molar refractivity (Wildman–Crippen MR) is 252 cm³/mol. The molecule has 20 nitrogen and oxygen atoms in total. The average molecular weight is 937 g/mol. The molecule has 21 heteroatoms. The van der Waals surface area contributed by atoms with Gasteiger partial charge >= 0.3 is 0 Å². The Balaban J connectivity index is 1.47. The Morgan fingerprint density at radius 3 is 1.29 bits per heavy atom. The van der Waals surface area contributed by atoms with Gasteiger partial charge in [0.1, 0.15) is 50.1 Å². The highest BCUT2D eigenvalue weighted by Crippen LogP contribution is 2.40. The van der Waals surface area contributed by atoms with Crippen LogP contribution in [-0.2, 0) is 77.3 Å². The highest BCUT2D eigenvalue weighted by atomic mass is 28.3. The lowest BCUT2D eigenvalue weighted by atomic mass is 10.3. The molecule has 364 valence electrons. The summed E-state index contributed by atoms with van der Waals surface area (Å²) in [6.07, 6.45) is 10.7. The molecule has 0 unspecified atom stereocenters. The first kappa shape index (κ1) is 55.5. The van der Waals surface area contributed by atoms with Gasteiger partial charge in [-0.25, -0.2) is 14.0 Å². The largest absolute Gasteiger partial charge is 0.372 e. The van der Waals surface area contributed by atoms with Crippen molar-refractivity contribution in [3.05, 3.63) is 96.7 Å². The first-order valence-corrected chi connectivity index (χ1v) is 24.6. The summed E-state index contributed by atoms with van der Waals surface area (Å²) in [5, 5.41) is 29.1. The van der Waals surface area contributed by atoms with E-state index in [1.807, 2.05) is 6.20 Å². The molecule has 0 saturated carbocycles. The molecule has 0 amide bonds. The monoisotopic (exact) mass is 937 g/mol. The first-order chi connectivity index (χ1) is 32.0. The molecule has 0 aliphatic carbocycles. The number of rotatable bonds is 38. The third-order valence-corrected chi connectivity index (χ3v) is 16.7. The van der Waals surface area contributed by atoms with Crippen LogP contribution < -0.4 is 0 Å². The Morgan fingerprint density at radius 1 is 0.591 bits per heavy atom. The lowest BCUT2D eigenvalue weighted by molar-refractivity contribution is -0.0224. The maximum atomic E-state index is 8.64. The summed E-state index contributed by atoms with van der Waals surface area (Å²) in [7, 11) is -1.82. The van der Waals surface area contributed by atoms with Crippen LogP contribution in [0, 0.1) is 11.5 Å². The van der Waals surface area contributed by atoms with Crippen LogP contribution in [0.25, 0.3) is 10.4 Å². The van der Waals surface area contributed by atoms with Crippen LogP contribution in [0.1, 0.15) is 58.6 Å². The second-order valence-corrected chi connectivity index (χ2v) is 22.0. The van der Waals surface area contributed by atoms with Crippen molar-refractivity contribution >= 4 is 8.07 Å². The van der Waals surface area contributed by atoms with Crippen LogP contribution >= 0.6 is 0 Å². The van der Waals surface area contributed by atoms with E-state index in [0.717, 1.165) is 0 Å². The maximum absolute atomic E-state index is 8.64. The number of aromatic nitrogens is 9. The topological polar surface area (TPSA) is 215 Å². The lowest BCUT2D eigenvalue weighted by Gasteiger charge is -2.38. The van der Waals surface area contributed by atoms with E-state index >= 15 is 0 Å². The molecule has 3 aromatic rings. The van der Waals surface area contributed by atoms with E-state index in [1.165, 1.54) is 0 Å². The summed E-state index contributed by atoms with van der Waals surface area (Å²) >= 11 is 0. The molecule has 66 heavy (non-hydrogen) atoms. The SMILES string of the molecule is C=CCO[C@H](COCC#C[Si](C(C)C)(C(C)C)C(C)C)Cn1cc(COC[C@@H](Cn2cc(COC[C@@H](Cn3cc(COC[C@H](CN=[N+]=[N-])OCC=C)nn3)OCC=C)nn2)OCC=C)nn1. The molecule has 0 saturated heterocycles. The Morgan fingerprint density at radius 2 is 0.939 bits per heavy atom. The minimum absolute atomic E-state index is 0.144. The van der Waals surface area contributed by atoms with Crippen molar-refractivity contribution in [2.24, 2.45) is 5.11 Å². The Hall–Kier alpha value is -4.85. The number of hydrogen-bond donors (Lipinski definition) is 0. The minimum atomic E-state index is -1.82. The maximum Gasteiger partial charge on any atom is 0.146 e. The van der Waals surface area contributed by atoms with Crippen molar-refractivity contribution in [2.45, 2.75) is 122 Å². The van der Waals surface area contributed by atoms with Crippen LogP contribution in [-0.4, -0.2) is 143 Å². The van der Waals surface area contributed by atoms with Gasteiger partial charge in [-0.15, -0.1) is 47.2 Å². The van der Waals surface area contributed by atoms with Gasteiger partial charge in [0.2, 0.25) is 0 Å². The fourth-order valence-corrected chi connectivity index (χ4v) is 12.7. The fraction of sp³-hybridized carbons (Fsp3) is 0.644. The highest BCUT2D eigenvalue weighted by molar-refractivity contribution is 6.90. The molecule has 3 rings (SSSR count). The number of azide groups is 1. The van der Waals surface area contributed by atoms with Gasteiger partial charge in [-0.1, -0.05) is 92.5 Å². The van der Waals surface area contributed by atoms with E-state index in [-0.39, 0.29) is 64.5 Å². The Bertz CT molecular complexity index is 1930. The van der Waals surface area contributed by atoms with Crippen molar-refractivity contribution in [3.63, 3.8) is 0 Å². The molecule has 4 atom stereocenters. The smallest absolute Gasteiger partial charge is 0.146 e. The molecule has 0 aromatic carbocycles. The van der Waals surface area contributed by atoms with Crippen LogP contribution in [0.15, 0.2) is 74.3 Å². The van der Waals surface area contributed by atoms with Gasteiger partial charge in [0, 0.05) is 4.91 Å². The van der Waals surface area contributed by atoms with E-state index in [0.29, 0.717) is 93.0 Å². The van der Waals surface area contributed by atoms with Gasteiger partial charge in [-0.2, -0.15) is 0 Å². The fourth-order valence-electron chi connectivity index (χ4n) is 7.41. The third kappa shape index (κ3) is 20.3. The van der Waals surface area contributed by atoms with Crippen LogP contribution in [0.2, 0.25) is 16.6 Å². The average Bonchev–Trinajstić information content (AvgIpc) is 4.07. The van der Waals surface area contributed by atoms with Crippen LogP contribution in [0.3, 0.4) is 0 Å². The van der Waals surface area contributed by atoms with Crippen molar-refractivity contribution in [2.75, 3.05) is 66.0 Å². The van der Waals surface area contributed by atoms with Crippen molar-refractivity contribution in [3.8, 4) is 11.5 Å². The molecule has 0 aliphatic heterocycles. The third-order valence-electron chi connectivity index (χ3n) is 10.4. The number of nitrogens with zero attached hydrogens (tertiary/aromatic N) is 12. The lowest BCUT2D eigenvalue weighted by Crippen LogP contribution is -2.43. The zero-order valence-electron chi connectivity index (χ0n) is 39.9. The van der Waals surface area contributed by atoms with Crippen molar-refractivity contribution in [1.82, 2.24) is 45.0 Å². The van der Waals surface area contributed by atoms with E-state index in [2.05, 4.69) is 120 Å². The van der Waals surface area contributed by atoms with Gasteiger partial charge in [-0.3, -0.25) is 0 Å². The minimum Gasteiger partial charge on any atom is -0.372 e. The van der Waals surface area contributed by atoms with Gasteiger partial charge in [-0.05, 0) is 22.2 Å². The van der Waals surface area contributed by atoms with E-state index in [1.54, 1.807) is 50.7 Å². The summed E-state index contributed by atoms with van der Waals surface area (Å²) in [6.45, 7) is 33.6. The summed E-state index contributed by atoms with van der Waals surface area (Å²) in [6, 6.07) is 0. The van der Waals surface area contributed by atoms with Crippen LogP contribution in [0.5, 0.6) is 0 Å². The quantitative estimate of drug-likeness (QED) is 0.0118. The standard InChI is InChI=1S/C45H72N12O8Si/c1-11-16-62-42(22-47-51-46)32-59-29-39-23-56(53-48-39)27-44(64-18-13-3)34-61-31-41-25-57(54-50-41)28-45(65-19-14-4)35-60-30-40-24-55(52-49-40)26-43(63-17-12-2)33-58-20-15-21-66(36(5)6,37(7)8)38(9)10/h11-14,23-25,36-38,42-45H,1-4,16-20,22,26-35H2,5-10H3/t42-,43-,44+,45+/m0/s1. The molecule has 3 aromatic heterocycles. The summed E-state index contributed by atoms with van der Waals surface area (Å²) in [5.74, 6) is 3.36. The molecule has 0 radical (unpaired) electrons. The Labute approximate surface area is 391 Å². The Kier molecular flexibility index (Phi) is 26.9. The molecular weight excluding hydrogens is 865 g/mol. The van der Waals surface area contributed by atoms with Crippen molar-refractivity contribution < 1.29 is 37.9 Å². The molecule has 0 N–H and O–H groups in total. The molecule has 0 fully saturated rings. The van der Waals surface area contributed by atoms with Gasteiger partial charge < -0.3 is 37.9 Å². The van der Waals surface area contributed by atoms with E-state index in [9.17, 15) is 0 Å². The van der Waals surface area contributed by atoms with E-state index in [4.69, 9.17) is 43.4 Å². The van der Waals surface area contributed by atoms with Gasteiger partial charge in [0.05, 0.1) is 124 Å². The predicted octanol–water partition coefficient (Wildman–Crippen LogP) is 6.24. The van der Waals surface area contributed by atoms with Gasteiger partial charge in [0.15, 0.2) is 0 Å².